The maximum absolute atomic E-state index is 12.1. The molecule has 3 aromatic carbocycles. The number of amides is 1. The third-order valence-corrected chi connectivity index (χ3v) is 4.06. The van der Waals surface area contributed by atoms with Crippen LogP contribution in [0.4, 0.5) is 11.4 Å². The third kappa shape index (κ3) is 4.82. The monoisotopic (exact) mass is 374 g/mol. The van der Waals surface area contributed by atoms with E-state index in [0.29, 0.717) is 17.1 Å². The Morgan fingerprint density at radius 2 is 1.50 bits per heavy atom. The minimum atomic E-state index is -0.253. The number of benzene rings is 3. The summed E-state index contributed by atoms with van der Waals surface area (Å²) in [6.45, 7) is -0.112. The molecule has 3 rings (SSSR count). The number of nitrogens with zero attached hydrogens (tertiary/aromatic N) is 1. The van der Waals surface area contributed by atoms with Gasteiger partial charge in [-0.05, 0) is 47.5 Å². The van der Waals surface area contributed by atoms with Crippen molar-refractivity contribution in [2.45, 2.75) is 0 Å². The average Bonchev–Trinajstić information content (AvgIpc) is 2.75. The fourth-order valence-corrected chi connectivity index (χ4v) is 2.62. The molecule has 0 fully saturated rings. The Labute approximate surface area is 164 Å². The predicted octanol–water partition coefficient (Wildman–Crippen LogP) is 4.64. The number of anilines is 2. The summed E-state index contributed by atoms with van der Waals surface area (Å²) in [6, 6.07) is 24.5. The standard InChI is InChI=1S/C22H20N4O2.H2/c23-15-26(16-24)20-10-12-21(13-11-20)28-14-22(27)25-19-8-6-18(7-9-19)17-4-2-1-3-5-17;/h1-13,15-16,23-24H,14H2,(H,25,27);1H. The van der Waals surface area contributed by atoms with Gasteiger partial charge in [-0.15, -0.1) is 0 Å². The molecule has 0 saturated carbocycles. The van der Waals surface area contributed by atoms with Crippen molar-refractivity contribution >= 4 is 30.0 Å². The number of carbonyl (C=O) groups excluding carboxylic acids is 1. The second-order valence-electron chi connectivity index (χ2n) is 5.94. The zero-order valence-corrected chi connectivity index (χ0v) is 15.1. The van der Waals surface area contributed by atoms with Crippen LogP contribution >= 0.6 is 0 Å². The first-order valence-electron chi connectivity index (χ1n) is 8.67. The van der Waals surface area contributed by atoms with Crippen LogP contribution in [0.1, 0.15) is 1.43 Å². The van der Waals surface area contributed by atoms with E-state index in [9.17, 15) is 4.79 Å². The summed E-state index contributed by atoms with van der Waals surface area (Å²) in [5.41, 5.74) is 3.58. The van der Waals surface area contributed by atoms with Gasteiger partial charge in [0.25, 0.3) is 5.91 Å². The maximum Gasteiger partial charge on any atom is 0.262 e. The van der Waals surface area contributed by atoms with Crippen LogP contribution in [0.25, 0.3) is 11.1 Å². The van der Waals surface area contributed by atoms with Gasteiger partial charge in [0.15, 0.2) is 6.61 Å². The highest BCUT2D eigenvalue weighted by atomic mass is 16.5. The van der Waals surface area contributed by atoms with Gasteiger partial charge < -0.3 is 10.1 Å². The molecule has 0 saturated heterocycles. The normalized spacial score (nSPS) is 10.0. The fraction of sp³-hybridized carbons (Fsp3) is 0.0455. The summed E-state index contributed by atoms with van der Waals surface area (Å²) >= 11 is 0. The van der Waals surface area contributed by atoms with Crippen molar-refractivity contribution in [2.75, 3.05) is 16.8 Å². The highest BCUT2D eigenvalue weighted by molar-refractivity contribution is 5.97. The predicted molar refractivity (Wildman–Crippen MR) is 115 cm³/mol. The molecule has 28 heavy (non-hydrogen) atoms. The number of nitrogens with one attached hydrogen (secondary N) is 3. The van der Waals surface area contributed by atoms with E-state index in [2.05, 4.69) is 5.32 Å². The lowest BCUT2D eigenvalue weighted by Crippen LogP contribution is -2.20. The van der Waals surface area contributed by atoms with Crippen molar-refractivity contribution in [3.05, 3.63) is 78.9 Å². The summed E-state index contributed by atoms with van der Waals surface area (Å²) in [5, 5.41) is 17.3. The van der Waals surface area contributed by atoms with Crippen molar-refractivity contribution in [1.82, 2.24) is 0 Å². The van der Waals surface area contributed by atoms with Crippen LogP contribution < -0.4 is 15.0 Å². The van der Waals surface area contributed by atoms with Gasteiger partial charge in [0.1, 0.15) is 5.75 Å². The molecule has 3 N–H and O–H groups in total. The Balaban J connectivity index is 0.00000300. The Morgan fingerprint density at radius 1 is 0.893 bits per heavy atom. The van der Waals surface area contributed by atoms with Gasteiger partial charge >= 0.3 is 0 Å². The van der Waals surface area contributed by atoms with Gasteiger partial charge in [-0.2, -0.15) is 0 Å². The van der Waals surface area contributed by atoms with Crippen LogP contribution in [-0.4, -0.2) is 25.2 Å². The molecule has 0 aliphatic carbocycles. The average molecular weight is 374 g/mol. The van der Waals surface area contributed by atoms with Crippen molar-refractivity contribution in [3.63, 3.8) is 0 Å². The van der Waals surface area contributed by atoms with Gasteiger partial charge in [0, 0.05) is 12.8 Å². The molecule has 1 amide bonds. The molecule has 0 aromatic heterocycles. The molecular formula is C22H22N4O2. The van der Waals surface area contributed by atoms with Crippen molar-refractivity contribution in [2.24, 2.45) is 0 Å². The van der Waals surface area contributed by atoms with E-state index in [4.69, 9.17) is 15.6 Å². The Hall–Kier alpha value is -3.93. The summed E-state index contributed by atoms with van der Waals surface area (Å²) in [4.78, 5) is 13.4. The molecule has 0 aliphatic heterocycles. The molecule has 0 spiro atoms. The second-order valence-corrected chi connectivity index (χ2v) is 5.94. The number of rotatable bonds is 8. The summed E-state index contributed by atoms with van der Waals surface area (Å²) in [5.74, 6) is 0.283. The molecule has 0 heterocycles. The quantitative estimate of drug-likeness (QED) is 0.396. The first kappa shape index (κ1) is 18.8. The van der Waals surface area contributed by atoms with E-state index in [-0.39, 0.29) is 13.9 Å². The molecule has 6 heteroatoms. The highest BCUT2D eigenvalue weighted by Gasteiger charge is 2.06. The number of ether oxygens (including phenoxy) is 1. The van der Waals surface area contributed by atoms with Crippen LogP contribution in [0.3, 0.4) is 0 Å². The molecule has 0 radical (unpaired) electrons. The number of carbonyl (C=O) groups is 1. The van der Waals surface area contributed by atoms with Gasteiger partial charge in [0.2, 0.25) is 0 Å². The first-order chi connectivity index (χ1) is 13.7. The van der Waals surface area contributed by atoms with E-state index in [1.165, 1.54) is 4.90 Å². The zero-order chi connectivity index (χ0) is 19.8. The summed E-state index contributed by atoms with van der Waals surface area (Å²) in [7, 11) is 0. The Morgan fingerprint density at radius 3 is 2.11 bits per heavy atom. The SMILES string of the molecule is N=CN(C=N)c1ccc(OCC(=O)Nc2ccc(-c3ccccc3)cc2)cc1.[HH]. The van der Waals surface area contributed by atoms with Gasteiger partial charge in [-0.3, -0.25) is 20.5 Å². The van der Waals surface area contributed by atoms with Crippen LogP contribution in [0.2, 0.25) is 0 Å². The lowest BCUT2D eigenvalue weighted by molar-refractivity contribution is -0.118. The Kier molecular flexibility index (Phi) is 6.15. The molecular weight excluding hydrogens is 352 g/mol. The lowest BCUT2D eigenvalue weighted by atomic mass is 10.1. The van der Waals surface area contributed by atoms with Crippen LogP contribution in [-0.2, 0) is 4.79 Å². The van der Waals surface area contributed by atoms with Gasteiger partial charge in [0.05, 0.1) is 12.7 Å². The largest absolute Gasteiger partial charge is 0.484 e. The van der Waals surface area contributed by atoms with Crippen molar-refractivity contribution < 1.29 is 11.0 Å². The van der Waals surface area contributed by atoms with Crippen LogP contribution in [0.5, 0.6) is 5.75 Å². The van der Waals surface area contributed by atoms with Crippen LogP contribution in [0.15, 0.2) is 78.9 Å². The molecule has 142 valence electrons. The third-order valence-electron chi connectivity index (χ3n) is 4.06. The zero-order valence-electron chi connectivity index (χ0n) is 15.1. The molecule has 0 aliphatic rings. The first-order valence-corrected chi connectivity index (χ1v) is 8.67. The van der Waals surface area contributed by atoms with Crippen molar-refractivity contribution in [1.29, 1.82) is 10.8 Å². The molecule has 3 aromatic rings. The van der Waals surface area contributed by atoms with E-state index in [0.717, 1.165) is 23.8 Å². The lowest BCUT2D eigenvalue weighted by Gasteiger charge is -2.13. The van der Waals surface area contributed by atoms with E-state index >= 15 is 0 Å². The van der Waals surface area contributed by atoms with E-state index < -0.39 is 0 Å². The van der Waals surface area contributed by atoms with Gasteiger partial charge in [-0.25, -0.2) is 0 Å². The minimum absolute atomic E-state index is 0. The Bertz CT molecular complexity index is 937. The summed E-state index contributed by atoms with van der Waals surface area (Å²) < 4.78 is 5.49. The van der Waals surface area contributed by atoms with E-state index in [1.54, 1.807) is 24.3 Å². The van der Waals surface area contributed by atoms with Gasteiger partial charge in [-0.1, -0.05) is 42.5 Å². The number of hydrogen-bond donors (Lipinski definition) is 3. The molecule has 0 unspecified atom stereocenters. The topological polar surface area (TPSA) is 89.3 Å². The van der Waals surface area contributed by atoms with E-state index in [1.807, 2.05) is 54.6 Å². The molecule has 0 atom stereocenters. The fourth-order valence-electron chi connectivity index (χ4n) is 2.62. The summed E-state index contributed by atoms with van der Waals surface area (Å²) in [6.07, 6.45) is 2.08. The maximum atomic E-state index is 12.1. The molecule has 6 nitrogen and oxygen atoms in total. The number of hydrogen-bond acceptors (Lipinski definition) is 4. The second kappa shape index (κ2) is 9.14. The smallest absolute Gasteiger partial charge is 0.262 e. The molecule has 0 bridgehead atoms. The minimum Gasteiger partial charge on any atom is -0.484 e. The highest BCUT2D eigenvalue weighted by Crippen LogP contribution is 2.21. The van der Waals surface area contributed by atoms with Crippen LogP contribution in [0, 0.1) is 10.8 Å². The van der Waals surface area contributed by atoms with Crippen molar-refractivity contribution in [3.8, 4) is 16.9 Å².